The van der Waals surface area contributed by atoms with Crippen LogP contribution in [0.5, 0.6) is 0 Å². The first-order chi connectivity index (χ1) is 17.2. The summed E-state index contributed by atoms with van der Waals surface area (Å²) < 4.78 is 5.39. The molecule has 0 spiro atoms. The lowest BCUT2D eigenvalue weighted by atomic mass is 10.1. The second-order valence-corrected chi connectivity index (χ2v) is 9.73. The van der Waals surface area contributed by atoms with E-state index in [4.69, 9.17) is 16.3 Å². The highest BCUT2D eigenvalue weighted by atomic mass is 35.5. The van der Waals surface area contributed by atoms with Crippen LogP contribution in [-0.4, -0.2) is 79.8 Å². The summed E-state index contributed by atoms with van der Waals surface area (Å²) in [5, 5.41) is 10.6. The van der Waals surface area contributed by atoms with E-state index >= 15 is 0 Å². The maximum Gasteiger partial charge on any atom is 0.229 e. The Balaban J connectivity index is 1.21. The minimum atomic E-state index is 0.156. The first-order valence-corrected chi connectivity index (χ1v) is 13.0. The van der Waals surface area contributed by atoms with Crippen molar-refractivity contribution >= 4 is 40.6 Å². The van der Waals surface area contributed by atoms with Crippen molar-refractivity contribution in [1.82, 2.24) is 20.2 Å². The van der Waals surface area contributed by atoms with Crippen LogP contribution in [0.2, 0.25) is 5.02 Å². The van der Waals surface area contributed by atoms with Crippen molar-refractivity contribution in [2.45, 2.75) is 31.6 Å². The highest BCUT2D eigenvalue weighted by Crippen LogP contribution is 2.45. The van der Waals surface area contributed by atoms with Crippen molar-refractivity contribution in [3.63, 3.8) is 0 Å². The lowest BCUT2D eigenvalue weighted by Gasteiger charge is -2.30. The lowest BCUT2D eigenvalue weighted by Crippen LogP contribution is -2.43. The van der Waals surface area contributed by atoms with Crippen LogP contribution in [0.4, 0.5) is 23.1 Å². The summed E-state index contributed by atoms with van der Waals surface area (Å²) in [7, 11) is 0. The number of anilines is 4. The quantitative estimate of drug-likeness (QED) is 0.453. The van der Waals surface area contributed by atoms with Crippen LogP contribution in [0.3, 0.4) is 0 Å². The molecule has 1 amide bonds. The summed E-state index contributed by atoms with van der Waals surface area (Å²) in [4.78, 5) is 25.5. The Morgan fingerprint density at radius 3 is 2.86 bits per heavy atom. The number of carbonyl (C=O) groups is 1. The molecule has 5 rings (SSSR count). The van der Waals surface area contributed by atoms with Crippen molar-refractivity contribution in [1.29, 1.82) is 0 Å². The Bertz CT molecular complexity index is 1030. The maximum atomic E-state index is 12.1. The third-order valence-corrected chi connectivity index (χ3v) is 7.02. The van der Waals surface area contributed by atoms with Crippen molar-refractivity contribution in [3.8, 4) is 0 Å². The zero-order valence-corrected chi connectivity index (χ0v) is 20.8. The summed E-state index contributed by atoms with van der Waals surface area (Å²) in [6.45, 7) is 7.23. The number of hydrogen-bond acceptors (Lipinski definition) is 8. The number of benzene rings is 1. The molecule has 10 heteroatoms. The van der Waals surface area contributed by atoms with E-state index in [1.165, 1.54) is 24.1 Å². The van der Waals surface area contributed by atoms with Gasteiger partial charge in [0.25, 0.3) is 0 Å². The van der Waals surface area contributed by atoms with Gasteiger partial charge in [0.2, 0.25) is 11.9 Å². The number of carbonyl (C=O) groups excluding carboxylic acids is 1. The fourth-order valence-electron chi connectivity index (χ4n) is 4.62. The van der Waals surface area contributed by atoms with Gasteiger partial charge in [0.1, 0.15) is 10.8 Å². The van der Waals surface area contributed by atoms with Crippen LogP contribution in [0.25, 0.3) is 0 Å². The molecule has 1 aromatic heterocycles. The van der Waals surface area contributed by atoms with Crippen molar-refractivity contribution in [3.05, 3.63) is 35.0 Å². The molecule has 3 fully saturated rings. The van der Waals surface area contributed by atoms with E-state index in [1.54, 1.807) is 6.20 Å². The van der Waals surface area contributed by atoms with Crippen molar-refractivity contribution in [2.75, 3.05) is 74.6 Å². The van der Waals surface area contributed by atoms with Gasteiger partial charge in [-0.3, -0.25) is 4.79 Å². The molecule has 0 radical (unpaired) electrons. The van der Waals surface area contributed by atoms with Crippen molar-refractivity contribution < 1.29 is 9.53 Å². The fourth-order valence-corrected chi connectivity index (χ4v) is 4.78. The number of amides is 1. The van der Waals surface area contributed by atoms with E-state index < -0.39 is 0 Å². The summed E-state index contributed by atoms with van der Waals surface area (Å²) in [6, 6.07) is 6.66. The minimum Gasteiger partial charge on any atom is -0.379 e. The predicted octanol–water partition coefficient (Wildman–Crippen LogP) is 3.21. The Hall–Kier alpha value is -2.62. The molecule has 3 N–H and O–H groups in total. The van der Waals surface area contributed by atoms with Gasteiger partial charge >= 0.3 is 0 Å². The van der Waals surface area contributed by atoms with E-state index in [9.17, 15) is 4.79 Å². The summed E-state index contributed by atoms with van der Waals surface area (Å²) >= 11 is 6.36. The van der Waals surface area contributed by atoms with Gasteiger partial charge in [0.05, 0.1) is 25.8 Å². The summed E-state index contributed by atoms with van der Waals surface area (Å²) in [6.07, 6.45) is 5.33. The van der Waals surface area contributed by atoms with Gasteiger partial charge in [-0.25, -0.2) is 4.98 Å². The molecule has 3 aliphatic rings. The second kappa shape index (κ2) is 11.4. The van der Waals surface area contributed by atoms with E-state index in [2.05, 4.69) is 49.0 Å². The normalized spacial score (nSPS) is 18.9. The zero-order valence-electron chi connectivity index (χ0n) is 20.1. The average Bonchev–Trinajstić information content (AvgIpc) is 3.74. The SMILES string of the molecule is O=C1CCOCCN1CCCNc1nc(Nc2ccc(N3CCNCC3)cc2C2CC2)ncc1Cl. The highest BCUT2D eigenvalue weighted by molar-refractivity contribution is 6.32. The summed E-state index contributed by atoms with van der Waals surface area (Å²) in [5.74, 6) is 1.87. The van der Waals surface area contributed by atoms with Crippen LogP contribution in [0.15, 0.2) is 24.4 Å². The van der Waals surface area contributed by atoms with Gasteiger partial charge in [-0.1, -0.05) is 11.6 Å². The number of hydrogen-bond donors (Lipinski definition) is 3. The van der Waals surface area contributed by atoms with E-state index in [-0.39, 0.29) is 5.91 Å². The first-order valence-electron chi connectivity index (χ1n) is 12.7. The second-order valence-electron chi connectivity index (χ2n) is 9.32. The molecular weight excluding hydrogens is 466 g/mol. The number of aromatic nitrogens is 2. The van der Waals surface area contributed by atoms with Gasteiger partial charge in [-0.05, 0) is 48.9 Å². The van der Waals surface area contributed by atoms with Gasteiger partial charge in [0.15, 0.2) is 0 Å². The van der Waals surface area contributed by atoms with Gasteiger partial charge in [-0.2, -0.15) is 4.98 Å². The molecule has 1 aliphatic carbocycles. The Kier molecular flexibility index (Phi) is 7.85. The van der Waals surface area contributed by atoms with Crippen LogP contribution in [-0.2, 0) is 9.53 Å². The number of nitrogens with zero attached hydrogens (tertiary/aromatic N) is 4. The highest BCUT2D eigenvalue weighted by Gasteiger charge is 2.27. The molecule has 0 bridgehead atoms. The third kappa shape index (κ3) is 6.34. The molecule has 188 valence electrons. The van der Waals surface area contributed by atoms with Crippen LogP contribution >= 0.6 is 11.6 Å². The molecule has 2 saturated heterocycles. The van der Waals surface area contributed by atoms with Crippen molar-refractivity contribution in [2.24, 2.45) is 0 Å². The molecule has 2 aliphatic heterocycles. The molecule has 9 nitrogen and oxygen atoms in total. The monoisotopic (exact) mass is 499 g/mol. The van der Waals surface area contributed by atoms with Crippen LogP contribution < -0.4 is 20.9 Å². The predicted molar refractivity (Wildman–Crippen MR) is 139 cm³/mol. The van der Waals surface area contributed by atoms with Crippen LogP contribution in [0.1, 0.15) is 37.2 Å². The Labute approximate surface area is 211 Å². The van der Waals surface area contributed by atoms with E-state index in [1.807, 2.05) is 4.90 Å². The average molecular weight is 500 g/mol. The number of nitrogens with one attached hydrogen (secondary N) is 3. The molecule has 1 saturated carbocycles. The number of rotatable bonds is 9. The molecular formula is C25H34ClN7O2. The third-order valence-electron chi connectivity index (χ3n) is 6.74. The van der Waals surface area contributed by atoms with Crippen LogP contribution in [0, 0.1) is 0 Å². The molecule has 1 aromatic carbocycles. The number of halogens is 1. The molecule has 0 unspecified atom stereocenters. The largest absolute Gasteiger partial charge is 0.379 e. The Morgan fingerprint density at radius 1 is 1.17 bits per heavy atom. The standard InChI is InChI=1S/C25H34ClN7O2/c26-21-17-29-25(31-24(21)28-7-1-10-33-13-15-35-14-6-23(33)34)30-22-5-4-19(16-20(22)18-2-3-18)32-11-8-27-9-12-32/h4-5,16-18,27H,1-3,6-15H2,(H2,28,29,30,31). The molecule has 0 atom stereocenters. The fraction of sp³-hybridized carbons (Fsp3) is 0.560. The lowest BCUT2D eigenvalue weighted by molar-refractivity contribution is -0.130. The minimum absolute atomic E-state index is 0.156. The maximum absolute atomic E-state index is 12.1. The summed E-state index contributed by atoms with van der Waals surface area (Å²) in [5.41, 5.74) is 3.68. The smallest absolute Gasteiger partial charge is 0.229 e. The van der Waals surface area contributed by atoms with Gasteiger partial charge < -0.3 is 30.5 Å². The van der Waals surface area contributed by atoms with Gasteiger partial charge in [-0.15, -0.1) is 0 Å². The van der Waals surface area contributed by atoms with Gasteiger partial charge in [0, 0.05) is 57.2 Å². The number of piperazine rings is 1. The van der Waals surface area contributed by atoms with E-state index in [0.29, 0.717) is 62.0 Å². The zero-order chi connectivity index (χ0) is 24.0. The first kappa shape index (κ1) is 24.1. The van der Waals surface area contributed by atoms with E-state index in [0.717, 1.165) is 38.3 Å². The Morgan fingerprint density at radius 2 is 2.03 bits per heavy atom. The topological polar surface area (TPSA) is 94.6 Å². The molecule has 2 aromatic rings. The molecule has 35 heavy (non-hydrogen) atoms. The number of ether oxygens (including phenoxy) is 1. The molecule has 3 heterocycles.